The number of nitrogens with zero attached hydrogens (tertiary/aromatic N) is 3. The molecule has 3 aromatic carbocycles. The highest BCUT2D eigenvalue weighted by Crippen LogP contribution is 2.36. The van der Waals surface area contributed by atoms with Crippen LogP contribution in [-0.2, 0) is 9.53 Å². The maximum atomic E-state index is 13.4. The van der Waals surface area contributed by atoms with Crippen LogP contribution in [0.15, 0.2) is 102 Å². The zero-order valence-electron chi connectivity index (χ0n) is 21.9. The number of nitriles is 1. The Hall–Kier alpha value is -4.97. The number of hydrogen-bond acceptors (Lipinski definition) is 6. The minimum atomic E-state index is -0.658. The fourth-order valence-corrected chi connectivity index (χ4v) is 5.28. The summed E-state index contributed by atoms with van der Waals surface area (Å²) in [5, 5.41) is 20.1. The van der Waals surface area contributed by atoms with Gasteiger partial charge in [-0.15, -0.1) is 11.3 Å². The smallest absolute Gasteiger partial charge is 0.341 e. The van der Waals surface area contributed by atoms with Crippen molar-refractivity contribution in [2.75, 3.05) is 11.9 Å². The number of aromatic nitrogens is 2. The molecule has 9 heteroatoms. The molecule has 0 atom stereocenters. The standard InChI is InChI=1S/C32H23ClN4O3S/c1-2-40-32(39)28-27(21-9-5-3-6-10-21)20-41-31(28)35-30(38)23(18-34)17-24-19-37(26-11-7-4-8-12-26)36-29(24)22-13-15-25(33)16-14-22/h3-17,19-20H,2H2,1H3,(H,35,38). The van der Waals surface area contributed by atoms with Gasteiger partial charge in [0.05, 0.1) is 18.0 Å². The van der Waals surface area contributed by atoms with Crippen molar-refractivity contribution in [1.29, 1.82) is 5.26 Å². The Morgan fingerprint density at radius 3 is 2.37 bits per heavy atom. The lowest BCUT2D eigenvalue weighted by Gasteiger charge is -2.08. The number of esters is 1. The number of benzene rings is 3. The first kappa shape index (κ1) is 27.6. The molecule has 0 fully saturated rings. The van der Waals surface area contributed by atoms with E-state index in [2.05, 4.69) is 5.32 Å². The molecule has 1 amide bonds. The van der Waals surface area contributed by atoms with Crippen LogP contribution in [0.3, 0.4) is 0 Å². The minimum absolute atomic E-state index is 0.155. The number of para-hydroxylation sites is 1. The summed E-state index contributed by atoms with van der Waals surface area (Å²) in [6, 6.07) is 28.0. The first-order valence-corrected chi connectivity index (χ1v) is 13.9. The number of thiophene rings is 1. The minimum Gasteiger partial charge on any atom is -0.462 e. The maximum Gasteiger partial charge on any atom is 0.341 e. The zero-order chi connectivity index (χ0) is 28.8. The summed E-state index contributed by atoms with van der Waals surface area (Å²) in [5.41, 5.74) is 4.25. The second-order valence-corrected chi connectivity index (χ2v) is 10.1. The molecule has 0 aliphatic carbocycles. The van der Waals surface area contributed by atoms with Crippen LogP contribution in [0.1, 0.15) is 22.8 Å². The third-order valence-electron chi connectivity index (χ3n) is 6.13. The number of anilines is 1. The van der Waals surface area contributed by atoms with Crippen LogP contribution in [0.4, 0.5) is 5.00 Å². The molecule has 1 N–H and O–H groups in total. The van der Waals surface area contributed by atoms with E-state index in [-0.39, 0.29) is 17.7 Å². The normalized spacial score (nSPS) is 11.1. The highest BCUT2D eigenvalue weighted by molar-refractivity contribution is 7.15. The SMILES string of the molecule is CCOC(=O)c1c(-c2ccccc2)csc1NC(=O)C(C#N)=Cc1cn(-c2ccccc2)nc1-c1ccc(Cl)cc1. The first-order chi connectivity index (χ1) is 20.0. The molecule has 2 aromatic heterocycles. The Morgan fingerprint density at radius 1 is 1.02 bits per heavy atom. The third kappa shape index (κ3) is 6.12. The molecule has 0 bridgehead atoms. The van der Waals surface area contributed by atoms with Gasteiger partial charge in [0.25, 0.3) is 5.91 Å². The van der Waals surface area contributed by atoms with E-state index in [1.54, 1.807) is 35.3 Å². The Morgan fingerprint density at radius 2 is 1.71 bits per heavy atom. The molecule has 0 unspecified atom stereocenters. The van der Waals surface area contributed by atoms with Crippen LogP contribution in [0.5, 0.6) is 0 Å². The van der Waals surface area contributed by atoms with Gasteiger partial charge in [0, 0.05) is 33.3 Å². The van der Waals surface area contributed by atoms with Crippen molar-refractivity contribution in [3.8, 4) is 34.1 Å². The highest BCUT2D eigenvalue weighted by Gasteiger charge is 2.24. The molecule has 0 radical (unpaired) electrons. The molecule has 0 saturated carbocycles. The van der Waals surface area contributed by atoms with E-state index in [1.807, 2.05) is 78.9 Å². The molecular weight excluding hydrogens is 556 g/mol. The number of carbonyl (C=O) groups is 2. The van der Waals surface area contributed by atoms with Crippen LogP contribution < -0.4 is 5.32 Å². The van der Waals surface area contributed by atoms with E-state index in [1.165, 1.54) is 17.4 Å². The summed E-state index contributed by atoms with van der Waals surface area (Å²) in [5.74, 6) is -1.21. The monoisotopic (exact) mass is 578 g/mol. The highest BCUT2D eigenvalue weighted by atomic mass is 35.5. The Labute approximate surface area is 245 Å². The molecular formula is C32H23ClN4O3S. The summed E-state index contributed by atoms with van der Waals surface area (Å²) in [4.78, 5) is 26.3. The molecule has 2 heterocycles. The largest absolute Gasteiger partial charge is 0.462 e. The van der Waals surface area contributed by atoms with Crippen molar-refractivity contribution in [1.82, 2.24) is 9.78 Å². The van der Waals surface area contributed by atoms with Crippen molar-refractivity contribution in [2.24, 2.45) is 0 Å². The fraction of sp³-hybridized carbons (Fsp3) is 0.0625. The van der Waals surface area contributed by atoms with Crippen molar-refractivity contribution >= 4 is 45.9 Å². The lowest BCUT2D eigenvalue weighted by Crippen LogP contribution is -2.16. The number of nitrogens with one attached hydrogen (secondary N) is 1. The quantitative estimate of drug-likeness (QED) is 0.116. The van der Waals surface area contributed by atoms with Crippen LogP contribution in [-0.4, -0.2) is 28.3 Å². The first-order valence-electron chi connectivity index (χ1n) is 12.7. The molecule has 5 aromatic rings. The van der Waals surface area contributed by atoms with E-state index in [9.17, 15) is 14.9 Å². The van der Waals surface area contributed by atoms with Crippen molar-refractivity contribution in [2.45, 2.75) is 6.92 Å². The Kier molecular flexibility index (Phi) is 8.39. The maximum absolute atomic E-state index is 13.4. The van der Waals surface area contributed by atoms with Crippen LogP contribution in [0.25, 0.3) is 34.1 Å². The number of amides is 1. The molecule has 0 aliphatic rings. The van der Waals surface area contributed by atoms with E-state index < -0.39 is 11.9 Å². The summed E-state index contributed by atoms with van der Waals surface area (Å²) >= 11 is 7.29. The molecule has 0 saturated heterocycles. The molecule has 41 heavy (non-hydrogen) atoms. The van der Waals surface area contributed by atoms with Gasteiger partial charge >= 0.3 is 5.97 Å². The van der Waals surface area contributed by atoms with E-state index >= 15 is 0 Å². The fourth-order valence-electron chi connectivity index (χ4n) is 4.20. The summed E-state index contributed by atoms with van der Waals surface area (Å²) in [6.07, 6.45) is 3.24. The van der Waals surface area contributed by atoms with Crippen LogP contribution in [0, 0.1) is 11.3 Å². The lowest BCUT2D eigenvalue weighted by atomic mass is 10.0. The zero-order valence-corrected chi connectivity index (χ0v) is 23.4. The lowest BCUT2D eigenvalue weighted by molar-refractivity contribution is -0.112. The van der Waals surface area contributed by atoms with Gasteiger partial charge in [-0.25, -0.2) is 9.48 Å². The van der Waals surface area contributed by atoms with Crippen molar-refractivity contribution in [3.63, 3.8) is 0 Å². The predicted molar refractivity (Wildman–Crippen MR) is 162 cm³/mol. The summed E-state index contributed by atoms with van der Waals surface area (Å²) in [7, 11) is 0. The van der Waals surface area contributed by atoms with E-state index in [0.29, 0.717) is 26.8 Å². The molecule has 0 spiro atoms. The van der Waals surface area contributed by atoms with Gasteiger partial charge in [-0.1, -0.05) is 72.3 Å². The summed E-state index contributed by atoms with van der Waals surface area (Å²) in [6.45, 7) is 1.90. The Balaban J connectivity index is 1.53. The van der Waals surface area contributed by atoms with Crippen LogP contribution in [0.2, 0.25) is 5.02 Å². The number of carbonyl (C=O) groups excluding carboxylic acids is 2. The number of halogens is 1. The van der Waals surface area contributed by atoms with Gasteiger partial charge < -0.3 is 10.1 Å². The second-order valence-electron chi connectivity index (χ2n) is 8.78. The molecule has 202 valence electrons. The van der Waals surface area contributed by atoms with Crippen molar-refractivity contribution < 1.29 is 14.3 Å². The van der Waals surface area contributed by atoms with E-state index in [0.717, 1.165) is 16.8 Å². The molecule has 7 nitrogen and oxygen atoms in total. The third-order valence-corrected chi connectivity index (χ3v) is 7.28. The van der Waals surface area contributed by atoms with Gasteiger partial charge in [0.2, 0.25) is 0 Å². The van der Waals surface area contributed by atoms with Crippen LogP contribution >= 0.6 is 22.9 Å². The second kappa shape index (κ2) is 12.5. The van der Waals surface area contributed by atoms with Gasteiger partial charge in [-0.05, 0) is 42.8 Å². The van der Waals surface area contributed by atoms with Gasteiger partial charge in [-0.2, -0.15) is 10.4 Å². The molecule has 0 aliphatic heterocycles. The summed E-state index contributed by atoms with van der Waals surface area (Å²) < 4.78 is 6.97. The van der Waals surface area contributed by atoms with Gasteiger partial charge in [-0.3, -0.25) is 4.79 Å². The average molecular weight is 579 g/mol. The Bertz CT molecular complexity index is 1770. The van der Waals surface area contributed by atoms with Gasteiger partial charge in [0.15, 0.2) is 0 Å². The van der Waals surface area contributed by atoms with Gasteiger partial charge in [0.1, 0.15) is 22.2 Å². The van der Waals surface area contributed by atoms with E-state index in [4.69, 9.17) is 21.4 Å². The molecule has 5 rings (SSSR count). The number of rotatable bonds is 8. The number of hydrogen-bond donors (Lipinski definition) is 1. The average Bonchev–Trinajstić information content (AvgIpc) is 3.62. The topological polar surface area (TPSA) is 97.0 Å². The number of ether oxygens (including phenoxy) is 1. The predicted octanol–water partition coefficient (Wildman–Crippen LogP) is 7.64. The van der Waals surface area contributed by atoms with Crippen molar-refractivity contribution in [3.05, 3.63) is 118 Å².